The number of nitrogens with zero attached hydrogens (tertiary/aromatic N) is 3. The molecule has 2 aromatic heterocycles. The number of hydrogen-bond donors (Lipinski definition) is 2. The molecule has 3 heterocycles. The van der Waals surface area contributed by atoms with Gasteiger partial charge < -0.3 is 29.5 Å². The van der Waals surface area contributed by atoms with Gasteiger partial charge in [0.15, 0.2) is 11.6 Å². The smallest absolute Gasteiger partial charge is 0.310 e. The first-order valence-electron chi connectivity index (χ1n) is 12.1. The van der Waals surface area contributed by atoms with Crippen LogP contribution in [0.3, 0.4) is 0 Å². The summed E-state index contributed by atoms with van der Waals surface area (Å²) >= 11 is 0. The molecule has 1 aromatic carbocycles. The topological polar surface area (TPSA) is 140 Å². The van der Waals surface area contributed by atoms with Gasteiger partial charge in [-0.05, 0) is 43.2 Å². The highest BCUT2D eigenvalue weighted by molar-refractivity contribution is 6.04. The number of esters is 1. The van der Waals surface area contributed by atoms with E-state index < -0.39 is 23.8 Å². The standard InChI is InChI=1S/C27H27FN4O7/c1-16(15-33)38-23-12-19(26(35)30-22-7-4-17(14-29-22)10-25(34)37-2)13-24(31-23)39-21-6-5-18(11-20(21)28)27(36)32-8-3-9-32/h4-7,11-14,16,33H,3,8-10,15H2,1-2H3,(H,29,30,35)/t16-/m1/s1. The molecule has 204 valence electrons. The highest BCUT2D eigenvalue weighted by atomic mass is 19.1. The van der Waals surface area contributed by atoms with Crippen LogP contribution in [-0.4, -0.2) is 70.7 Å². The van der Waals surface area contributed by atoms with Crippen molar-refractivity contribution in [3.8, 4) is 17.5 Å². The number of aliphatic hydroxyl groups is 1. The molecule has 0 saturated carbocycles. The van der Waals surface area contributed by atoms with E-state index in [0.717, 1.165) is 12.5 Å². The monoisotopic (exact) mass is 538 g/mol. The number of aromatic nitrogens is 2. The lowest BCUT2D eigenvalue weighted by Crippen LogP contribution is -2.42. The SMILES string of the molecule is COC(=O)Cc1ccc(NC(=O)c2cc(Oc3ccc(C(=O)N4CCC4)cc3F)nc(O[C@H](C)CO)c2)nc1. The van der Waals surface area contributed by atoms with Crippen LogP contribution in [0.25, 0.3) is 0 Å². The van der Waals surface area contributed by atoms with Crippen molar-refractivity contribution in [3.05, 3.63) is 71.2 Å². The fraction of sp³-hybridized carbons (Fsp3) is 0.296. The van der Waals surface area contributed by atoms with E-state index in [4.69, 9.17) is 9.47 Å². The average molecular weight is 539 g/mol. The van der Waals surface area contributed by atoms with Gasteiger partial charge in [-0.15, -0.1) is 0 Å². The number of halogens is 1. The van der Waals surface area contributed by atoms with Gasteiger partial charge in [0.1, 0.15) is 11.9 Å². The molecule has 2 N–H and O–H groups in total. The van der Waals surface area contributed by atoms with Crippen LogP contribution in [0, 0.1) is 5.82 Å². The second-order valence-electron chi connectivity index (χ2n) is 8.80. The van der Waals surface area contributed by atoms with E-state index in [1.54, 1.807) is 17.9 Å². The van der Waals surface area contributed by atoms with Crippen LogP contribution in [0.15, 0.2) is 48.7 Å². The minimum Gasteiger partial charge on any atom is -0.472 e. The van der Waals surface area contributed by atoms with Gasteiger partial charge in [0.2, 0.25) is 11.8 Å². The van der Waals surface area contributed by atoms with Gasteiger partial charge in [0.25, 0.3) is 11.8 Å². The Balaban J connectivity index is 1.53. The van der Waals surface area contributed by atoms with Crippen molar-refractivity contribution in [2.75, 3.05) is 32.1 Å². The first kappa shape index (κ1) is 27.5. The Kier molecular flexibility index (Phi) is 8.67. The van der Waals surface area contributed by atoms with E-state index in [0.29, 0.717) is 18.7 Å². The predicted molar refractivity (Wildman–Crippen MR) is 136 cm³/mol. The number of hydrogen-bond acceptors (Lipinski definition) is 9. The van der Waals surface area contributed by atoms with E-state index in [2.05, 4.69) is 20.0 Å². The number of amides is 2. The molecule has 12 heteroatoms. The fourth-order valence-corrected chi connectivity index (χ4v) is 3.53. The first-order valence-corrected chi connectivity index (χ1v) is 12.1. The number of anilines is 1. The third kappa shape index (κ3) is 7.05. The van der Waals surface area contributed by atoms with Crippen LogP contribution in [0.2, 0.25) is 0 Å². The number of methoxy groups -OCH3 is 1. The van der Waals surface area contributed by atoms with Gasteiger partial charge in [-0.3, -0.25) is 14.4 Å². The summed E-state index contributed by atoms with van der Waals surface area (Å²) in [4.78, 5) is 46.7. The van der Waals surface area contributed by atoms with Crippen molar-refractivity contribution in [1.82, 2.24) is 14.9 Å². The predicted octanol–water partition coefficient (Wildman–Crippen LogP) is 2.98. The maximum Gasteiger partial charge on any atom is 0.310 e. The van der Waals surface area contributed by atoms with E-state index in [9.17, 15) is 23.9 Å². The van der Waals surface area contributed by atoms with Crippen LogP contribution in [0.1, 0.15) is 39.6 Å². The molecular formula is C27H27FN4O7. The minimum atomic E-state index is -0.777. The molecule has 1 saturated heterocycles. The van der Waals surface area contributed by atoms with Crippen molar-refractivity contribution in [3.63, 3.8) is 0 Å². The van der Waals surface area contributed by atoms with Gasteiger partial charge in [-0.1, -0.05) is 6.07 Å². The van der Waals surface area contributed by atoms with E-state index in [1.165, 1.54) is 43.6 Å². The van der Waals surface area contributed by atoms with Crippen LogP contribution >= 0.6 is 0 Å². The molecule has 2 amide bonds. The highest BCUT2D eigenvalue weighted by Gasteiger charge is 2.23. The lowest BCUT2D eigenvalue weighted by molar-refractivity contribution is -0.139. The summed E-state index contributed by atoms with van der Waals surface area (Å²) in [5.41, 5.74) is 0.866. The maximum absolute atomic E-state index is 14.8. The summed E-state index contributed by atoms with van der Waals surface area (Å²) in [7, 11) is 1.29. The molecule has 1 aliphatic heterocycles. The summed E-state index contributed by atoms with van der Waals surface area (Å²) in [6.07, 6.45) is 1.75. The molecular weight excluding hydrogens is 511 g/mol. The van der Waals surface area contributed by atoms with Crippen molar-refractivity contribution in [2.45, 2.75) is 25.9 Å². The Morgan fingerprint density at radius 1 is 1.10 bits per heavy atom. The van der Waals surface area contributed by atoms with Crippen LogP contribution in [0.5, 0.6) is 17.5 Å². The number of ether oxygens (including phenoxy) is 3. The highest BCUT2D eigenvalue weighted by Crippen LogP contribution is 2.28. The van der Waals surface area contributed by atoms with Gasteiger partial charge in [0, 0.05) is 37.0 Å². The third-order valence-electron chi connectivity index (χ3n) is 5.80. The molecule has 0 spiro atoms. The largest absolute Gasteiger partial charge is 0.472 e. The Bertz CT molecular complexity index is 1360. The number of benzene rings is 1. The van der Waals surface area contributed by atoms with Gasteiger partial charge in [-0.2, -0.15) is 4.98 Å². The number of aliphatic hydroxyl groups excluding tert-OH is 1. The van der Waals surface area contributed by atoms with E-state index in [1.807, 2.05) is 0 Å². The number of nitrogens with one attached hydrogen (secondary N) is 1. The van der Waals surface area contributed by atoms with Crippen LogP contribution in [0.4, 0.5) is 10.2 Å². The summed E-state index contributed by atoms with van der Waals surface area (Å²) in [6.45, 7) is 2.57. The number of carbonyl (C=O) groups is 3. The normalized spacial score (nSPS) is 13.2. The molecule has 11 nitrogen and oxygen atoms in total. The zero-order valence-electron chi connectivity index (χ0n) is 21.3. The number of likely N-dealkylation sites (tertiary alicyclic amines) is 1. The number of rotatable bonds is 10. The van der Waals surface area contributed by atoms with Crippen LogP contribution in [-0.2, 0) is 16.0 Å². The lowest BCUT2D eigenvalue weighted by Gasteiger charge is -2.30. The summed E-state index contributed by atoms with van der Waals surface area (Å²) in [6, 6.07) is 9.63. The molecule has 4 rings (SSSR count). The Labute approximate surface area is 223 Å². The molecule has 0 radical (unpaired) electrons. The molecule has 0 bridgehead atoms. The number of carbonyl (C=O) groups excluding carboxylic acids is 3. The zero-order chi connectivity index (χ0) is 27.9. The van der Waals surface area contributed by atoms with E-state index in [-0.39, 0.29) is 53.4 Å². The Hall–Kier alpha value is -4.58. The lowest BCUT2D eigenvalue weighted by atomic mass is 10.1. The average Bonchev–Trinajstić information content (AvgIpc) is 2.89. The van der Waals surface area contributed by atoms with Crippen LogP contribution < -0.4 is 14.8 Å². The summed E-state index contributed by atoms with van der Waals surface area (Å²) in [5.74, 6) is -2.22. The molecule has 0 aliphatic carbocycles. The molecule has 0 unspecified atom stereocenters. The molecule has 3 aromatic rings. The summed E-state index contributed by atoms with van der Waals surface area (Å²) in [5, 5.41) is 12.0. The van der Waals surface area contributed by atoms with Crippen molar-refractivity contribution in [1.29, 1.82) is 0 Å². The van der Waals surface area contributed by atoms with Gasteiger partial charge >= 0.3 is 5.97 Å². The molecule has 1 aliphatic rings. The van der Waals surface area contributed by atoms with E-state index >= 15 is 0 Å². The molecule has 39 heavy (non-hydrogen) atoms. The Morgan fingerprint density at radius 2 is 1.87 bits per heavy atom. The maximum atomic E-state index is 14.8. The van der Waals surface area contributed by atoms with Crippen molar-refractivity contribution >= 4 is 23.6 Å². The Morgan fingerprint density at radius 3 is 2.49 bits per heavy atom. The van der Waals surface area contributed by atoms with Gasteiger partial charge in [0.05, 0.1) is 25.7 Å². The second-order valence-corrected chi connectivity index (χ2v) is 8.80. The summed E-state index contributed by atoms with van der Waals surface area (Å²) < 4.78 is 30.6. The second kappa shape index (κ2) is 12.3. The number of pyridine rings is 2. The fourth-order valence-electron chi connectivity index (χ4n) is 3.53. The van der Waals surface area contributed by atoms with Gasteiger partial charge in [-0.25, -0.2) is 9.37 Å². The third-order valence-corrected chi connectivity index (χ3v) is 5.80. The molecule has 1 fully saturated rings. The molecule has 1 atom stereocenters. The zero-order valence-corrected chi connectivity index (χ0v) is 21.3. The quantitative estimate of drug-likeness (QED) is 0.373. The van der Waals surface area contributed by atoms with Crippen molar-refractivity contribution in [2.24, 2.45) is 0 Å². The minimum absolute atomic E-state index is 0.0365. The first-order chi connectivity index (χ1) is 18.7. The van der Waals surface area contributed by atoms with Crippen molar-refractivity contribution < 1.29 is 38.1 Å².